The molecule has 1 spiro atoms. The molecule has 0 saturated carbocycles. The minimum absolute atomic E-state index is 0.409. The summed E-state index contributed by atoms with van der Waals surface area (Å²) in [6.07, 6.45) is 8.31. The van der Waals surface area contributed by atoms with Gasteiger partial charge >= 0.3 is 0 Å². The Morgan fingerprint density at radius 3 is 2.86 bits per heavy atom. The van der Waals surface area contributed by atoms with E-state index in [0.717, 1.165) is 10.9 Å². The summed E-state index contributed by atoms with van der Waals surface area (Å²) in [5, 5.41) is 0. The number of thiophene rings is 1. The summed E-state index contributed by atoms with van der Waals surface area (Å²) in [6, 6.07) is 8.40. The van der Waals surface area contributed by atoms with Crippen LogP contribution in [0.4, 0.5) is 0 Å². The Hall–Kier alpha value is -0.900. The number of likely N-dealkylation sites (tertiary alicyclic amines) is 1. The number of aryl methyl sites for hydroxylation is 1. The zero-order chi connectivity index (χ0) is 15.0. The number of fused-ring (bicyclic) bond motifs is 2. The van der Waals surface area contributed by atoms with Gasteiger partial charge in [0, 0.05) is 23.0 Å². The van der Waals surface area contributed by atoms with Crippen LogP contribution in [0.2, 0.25) is 4.34 Å². The molecule has 4 heteroatoms. The smallest absolute Gasteiger partial charge is 0.0934 e. The topological polar surface area (TPSA) is 16.1 Å². The van der Waals surface area contributed by atoms with Crippen LogP contribution in [0.5, 0.6) is 0 Å². The molecule has 3 heterocycles. The van der Waals surface area contributed by atoms with Crippen molar-refractivity contribution in [2.24, 2.45) is 0 Å². The summed E-state index contributed by atoms with van der Waals surface area (Å²) in [6.45, 7) is 3.33. The number of pyridine rings is 1. The zero-order valence-electron chi connectivity index (χ0n) is 12.7. The molecule has 0 aromatic carbocycles. The summed E-state index contributed by atoms with van der Waals surface area (Å²) in [7, 11) is 0. The van der Waals surface area contributed by atoms with E-state index in [-0.39, 0.29) is 0 Å². The van der Waals surface area contributed by atoms with Gasteiger partial charge in [-0.05, 0) is 69.0 Å². The van der Waals surface area contributed by atoms with Crippen LogP contribution in [0.1, 0.15) is 41.8 Å². The van der Waals surface area contributed by atoms with E-state index in [1.54, 1.807) is 4.88 Å². The first kappa shape index (κ1) is 14.7. The largest absolute Gasteiger partial charge is 0.297 e. The van der Waals surface area contributed by atoms with Gasteiger partial charge in [0.2, 0.25) is 0 Å². The summed E-state index contributed by atoms with van der Waals surface area (Å²) in [5.41, 5.74) is 3.12. The second kappa shape index (κ2) is 5.95. The van der Waals surface area contributed by atoms with Gasteiger partial charge in [-0.15, -0.1) is 11.3 Å². The van der Waals surface area contributed by atoms with Gasteiger partial charge in [0.05, 0.1) is 10.0 Å². The molecule has 1 saturated heterocycles. The predicted molar refractivity (Wildman–Crippen MR) is 92.7 cm³/mol. The van der Waals surface area contributed by atoms with Crippen molar-refractivity contribution < 1.29 is 0 Å². The van der Waals surface area contributed by atoms with Gasteiger partial charge in [-0.3, -0.25) is 9.88 Å². The molecule has 0 bridgehead atoms. The first-order valence-corrected chi connectivity index (χ1v) is 9.36. The molecule has 2 nitrogen and oxygen atoms in total. The van der Waals surface area contributed by atoms with Crippen LogP contribution in [-0.2, 0) is 18.4 Å². The van der Waals surface area contributed by atoms with E-state index in [9.17, 15) is 0 Å². The second-order valence-electron chi connectivity index (χ2n) is 6.64. The van der Waals surface area contributed by atoms with Crippen molar-refractivity contribution in [3.05, 3.63) is 50.9 Å². The Morgan fingerprint density at radius 2 is 2.09 bits per heavy atom. The molecule has 1 aliphatic heterocycles. The predicted octanol–water partition coefficient (Wildman–Crippen LogP) is 4.67. The lowest BCUT2D eigenvalue weighted by atomic mass is 9.69. The van der Waals surface area contributed by atoms with Crippen LogP contribution in [-0.4, -0.2) is 23.0 Å². The molecule has 0 atom stereocenters. The Labute approximate surface area is 141 Å². The molecule has 1 fully saturated rings. The monoisotopic (exact) mass is 332 g/mol. The van der Waals surface area contributed by atoms with Crippen molar-refractivity contribution in [2.75, 3.05) is 13.1 Å². The van der Waals surface area contributed by atoms with Crippen molar-refractivity contribution in [3.8, 4) is 0 Å². The van der Waals surface area contributed by atoms with Gasteiger partial charge in [-0.1, -0.05) is 17.7 Å². The van der Waals surface area contributed by atoms with Gasteiger partial charge in [0.1, 0.15) is 0 Å². The second-order valence-corrected chi connectivity index (χ2v) is 8.32. The number of nitrogens with zero attached hydrogens (tertiary/aromatic N) is 2. The fourth-order valence-corrected chi connectivity index (χ4v) is 5.67. The molecule has 2 aromatic rings. The van der Waals surface area contributed by atoms with E-state index in [0.29, 0.717) is 5.41 Å². The van der Waals surface area contributed by atoms with Crippen LogP contribution in [0.25, 0.3) is 0 Å². The SMILES string of the molecule is Clc1cc2c(s1)C1(CCC2)CCN(Cc2ccccn2)CC1. The summed E-state index contributed by atoms with van der Waals surface area (Å²) in [4.78, 5) is 8.61. The number of piperidine rings is 1. The maximum atomic E-state index is 6.29. The van der Waals surface area contributed by atoms with Crippen molar-refractivity contribution in [1.29, 1.82) is 0 Å². The first-order chi connectivity index (χ1) is 10.8. The molecule has 0 unspecified atom stereocenters. The molecule has 0 radical (unpaired) electrons. The fourth-order valence-electron chi connectivity index (χ4n) is 4.10. The number of halogens is 1. The van der Waals surface area contributed by atoms with Gasteiger partial charge in [-0.25, -0.2) is 0 Å². The zero-order valence-corrected chi connectivity index (χ0v) is 14.3. The summed E-state index contributed by atoms with van der Waals surface area (Å²) in [5.74, 6) is 0. The molecule has 1 aliphatic carbocycles. The van der Waals surface area contributed by atoms with E-state index in [4.69, 9.17) is 11.6 Å². The van der Waals surface area contributed by atoms with Gasteiger partial charge < -0.3 is 0 Å². The standard InChI is InChI=1S/C18H21ClN2S/c19-16-12-14-4-3-6-18(17(14)22-16)7-10-21(11-8-18)13-15-5-1-2-9-20-15/h1-2,5,9,12H,3-4,6-8,10-11,13H2. The lowest BCUT2D eigenvalue weighted by Gasteiger charge is -2.44. The molecule has 2 aliphatic rings. The van der Waals surface area contributed by atoms with E-state index < -0.39 is 0 Å². The van der Waals surface area contributed by atoms with Crippen LogP contribution in [0.15, 0.2) is 30.5 Å². The van der Waals surface area contributed by atoms with Crippen molar-refractivity contribution >= 4 is 22.9 Å². The average molecular weight is 333 g/mol. The maximum absolute atomic E-state index is 6.29. The molecule has 22 heavy (non-hydrogen) atoms. The van der Waals surface area contributed by atoms with Gasteiger partial charge in [0.15, 0.2) is 0 Å². The number of hydrogen-bond donors (Lipinski definition) is 0. The lowest BCUT2D eigenvalue weighted by Crippen LogP contribution is -2.43. The van der Waals surface area contributed by atoms with Crippen LogP contribution >= 0.6 is 22.9 Å². The van der Waals surface area contributed by atoms with E-state index in [1.807, 2.05) is 23.6 Å². The number of aromatic nitrogens is 1. The number of hydrogen-bond acceptors (Lipinski definition) is 3. The highest BCUT2D eigenvalue weighted by molar-refractivity contribution is 7.16. The highest BCUT2D eigenvalue weighted by Crippen LogP contribution is 2.49. The minimum atomic E-state index is 0.409. The molecule has 116 valence electrons. The highest BCUT2D eigenvalue weighted by atomic mass is 35.5. The number of rotatable bonds is 2. The Balaban J connectivity index is 1.48. The maximum Gasteiger partial charge on any atom is 0.0934 e. The Kier molecular flexibility index (Phi) is 3.97. The molecular formula is C18H21ClN2S. The fraction of sp³-hybridized carbons (Fsp3) is 0.500. The van der Waals surface area contributed by atoms with Gasteiger partial charge in [-0.2, -0.15) is 0 Å². The lowest BCUT2D eigenvalue weighted by molar-refractivity contribution is 0.140. The Bertz CT molecular complexity index is 644. The third-order valence-electron chi connectivity index (χ3n) is 5.29. The normalized spacial score (nSPS) is 21.0. The van der Waals surface area contributed by atoms with Crippen molar-refractivity contribution in [2.45, 2.75) is 44.1 Å². The average Bonchev–Trinajstić information content (AvgIpc) is 2.93. The van der Waals surface area contributed by atoms with E-state index >= 15 is 0 Å². The summed E-state index contributed by atoms with van der Waals surface area (Å²) < 4.78 is 0.974. The minimum Gasteiger partial charge on any atom is -0.297 e. The van der Waals surface area contributed by atoms with Gasteiger partial charge in [0.25, 0.3) is 0 Å². The first-order valence-electron chi connectivity index (χ1n) is 8.16. The Morgan fingerprint density at radius 1 is 1.23 bits per heavy atom. The molecule has 2 aromatic heterocycles. The quantitative estimate of drug-likeness (QED) is 0.794. The highest BCUT2D eigenvalue weighted by Gasteiger charge is 2.40. The van der Waals surface area contributed by atoms with E-state index in [2.05, 4.69) is 28.1 Å². The molecule has 0 N–H and O–H groups in total. The van der Waals surface area contributed by atoms with Crippen molar-refractivity contribution in [1.82, 2.24) is 9.88 Å². The summed E-state index contributed by atoms with van der Waals surface area (Å²) >= 11 is 8.12. The van der Waals surface area contributed by atoms with Crippen LogP contribution in [0.3, 0.4) is 0 Å². The molecule has 4 rings (SSSR count). The molecule has 0 amide bonds. The molecular weight excluding hydrogens is 312 g/mol. The van der Waals surface area contributed by atoms with Crippen molar-refractivity contribution in [3.63, 3.8) is 0 Å². The third kappa shape index (κ3) is 2.70. The van der Waals surface area contributed by atoms with Crippen LogP contribution < -0.4 is 0 Å². The van der Waals surface area contributed by atoms with E-state index in [1.165, 1.54) is 56.5 Å². The third-order valence-corrected chi connectivity index (χ3v) is 6.84. The van der Waals surface area contributed by atoms with Crippen LogP contribution in [0, 0.1) is 0 Å².